The lowest BCUT2D eigenvalue weighted by atomic mass is 10.0. The van der Waals surface area contributed by atoms with Crippen molar-refractivity contribution in [2.75, 3.05) is 0 Å². The minimum absolute atomic E-state index is 0.131. The van der Waals surface area contributed by atoms with Crippen LogP contribution in [0.25, 0.3) is 0 Å². The van der Waals surface area contributed by atoms with Crippen molar-refractivity contribution in [1.29, 1.82) is 0 Å². The van der Waals surface area contributed by atoms with Crippen LogP contribution < -0.4 is 11.3 Å². The molecule has 1 unspecified atom stereocenters. The molecular formula is C11H14BrIN2. The Morgan fingerprint density at radius 3 is 2.87 bits per heavy atom. The zero-order valence-corrected chi connectivity index (χ0v) is 12.3. The first kappa shape index (κ1) is 13.2. The van der Waals surface area contributed by atoms with Gasteiger partial charge in [0.2, 0.25) is 0 Å². The predicted molar refractivity (Wildman–Crippen MR) is 76.4 cm³/mol. The highest BCUT2D eigenvalue weighted by atomic mass is 127. The molecule has 82 valence electrons. The SMILES string of the molecule is C=C(C)CC(NN)c1cc(Br)ccc1I. The molecule has 0 aromatic heterocycles. The van der Waals surface area contributed by atoms with Gasteiger partial charge in [-0.15, -0.1) is 6.58 Å². The van der Waals surface area contributed by atoms with E-state index in [1.165, 1.54) is 9.13 Å². The summed E-state index contributed by atoms with van der Waals surface area (Å²) in [4.78, 5) is 0. The number of rotatable bonds is 4. The molecule has 0 radical (unpaired) electrons. The molecule has 1 rings (SSSR count). The number of halogens is 2. The summed E-state index contributed by atoms with van der Waals surface area (Å²) in [7, 11) is 0. The van der Waals surface area contributed by atoms with Crippen LogP contribution in [-0.4, -0.2) is 0 Å². The molecule has 0 saturated heterocycles. The van der Waals surface area contributed by atoms with Gasteiger partial charge in [-0.2, -0.15) is 0 Å². The van der Waals surface area contributed by atoms with Crippen LogP contribution >= 0.6 is 38.5 Å². The molecule has 1 atom stereocenters. The van der Waals surface area contributed by atoms with Crippen LogP contribution in [0.3, 0.4) is 0 Å². The van der Waals surface area contributed by atoms with Gasteiger partial charge < -0.3 is 0 Å². The average molecular weight is 381 g/mol. The third-order valence-corrected chi connectivity index (χ3v) is 3.56. The van der Waals surface area contributed by atoms with Gasteiger partial charge in [0.1, 0.15) is 0 Å². The molecule has 1 aromatic rings. The zero-order valence-electron chi connectivity index (χ0n) is 8.56. The van der Waals surface area contributed by atoms with Gasteiger partial charge in [0.25, 0.3) is 0 Å². The van der Waals surface area contributed by atoms with Crippen molar-refractivity contribution in [1.82, 2.24) is 5.43 Å². The van der Waals surface area contributed by atoms with Crippen molar-refractivity contribution in [2.45, 2.75) is 19.4 Å². The Morgan fingerprint density at radius 1 is 1.67 bits per heavy atom. The maximum Gasteiger partial charge on any atom is 0.0507 e. The summed E-state index contributed by atoms with van der Waals surface area (Å²) in [6.07, 6.45) is 0.850. The number of benzene rings is 1. The Bertz CT molecular complexity index is 366. The summed E-state index contributed by atoms with van der Waals surface area (Å²) in [5, 5.41) is 0. The van der Waals surface area contributed by atoms with Crippen LogP contribution in [0.2, 0.25) is 0 Å². The van der Waals surface area contributed by atoms with E-state index in [4.69, 9.17) is 5.84 Å². The second-order valence-corrected chi connectivity index (χ2v) is 5.62. The average Bonchev–Trinajstić information content (AvgIpc) is 2.18. The topological polar surface area (TPSA) is 38.0 Å². The van der Waals surface area contributed by atoms with Crippen molar-refractivity contribution >= 4 is 38.5 Å². The van der Waals surface area contributed by atoms with E-state index in [1.54, 1.807) is 0 Å². The molecule has 0 amide bonds. The van der Waals surface area contributed by atoms with E-state index in [-0.39, 0.29) is 6.04 Å². The van der Waals surface area contributed by atoms with E-state index < -0.39 is 0 Å². The van der Waals surface area contributed by atoms with Crippen molar-refractivity contribution in [3.05, 3.63) is 44.0 Å². The molecule has 4 heteroatoms. The van der Waals surface area contributed by atoms with Crippen LogP contribution in [0.5, 0.6) is 0 Å². The van der Waals surface area contributed by atoms with Gasteiger partial charge in [0.05, 0.1) is 6.04 Å². The van der Waals surface area contributed by atoms with Gasteiger partial charge in [-0.3, -0.25) is 11.3 Å². The van der Waals surface area contributed by atoms with E-state index in [0.717, 1.165) is 16.5 Å². The van der Waals surface area contributed by atoms with Gasteiger partial charge in [0, 0.05) is 8.04 Å². The third kappa shape index (κ3) is 3.86. The molecule has 0 bridgehead atoms. The first-order valence-corrected chi connectivity index (χ1v) is 6.47. The number of nitrogens with two attached hydrogens (primary N) is 1. The molecule has 1 aromatic carbocycles. The van der Waals surface area contributed by atoms with Crippen molar-refractivity contribution in [3.8, 4) is 0 Å². The van der Waals surface area contributed by atoms with Gasteiger partial charge in [0.15, 0.2) is 0 Å². The fourth-order valence-electron chi connectivity index (χ4n) is 1.39. The van der Waals surface area contributed by atoms with Crippen molar-refractivity contribution in [2.24, 2.45) is 5.84 Å². The Morgan fingerprint density at radius 2 is 2.33 bits per heavy atom. The molecular weight excluding hydrogens is 367 g/mol. The van der Waals surface area contributed by atoms with Crippen LogP contribution in [0.1, 0.15) is 24.9 Å². The summed E-state index contributed by atoms with van der Waals surface area (Å²) in [6, 6.07) is 6.32. The summed E-state index contributed by atoms with van der Waals surface area (Å²) < 4.78 is 2.28. The number of hydrogen-bond acceptors (Lipinski definition) is 2. The lowest BCUT2D eigenvalue weighted by molar-refractivity contribution is 0.548. The maximum atomic E-state index is 5.56. The van der Waals surface area contributed by atoms with Crippen molar-refractivity contribution in [3.63, 3.8) is 0 Å². The fourth-order valence-corrected chi connectivity index (χ4v) is 2.48. The minimum atomic E-state index is 0.131. The summed E-state index contributed by atoms with van der Waals surface area (Å²) in [5.41, 5.74) is 5.15. The molecule has 3 N–H and O–H groups in total. The molecule has 0 aliphatic heterocycles. The first-order chi connectivity index (χ1) is 7.04. The molecule has 15 heavy (non-hydrogen) atoms. The molecule has 0 aliphatic rings. The van der Waals surface area contributed by atoms with Crippen LogP contribution in [0.4, 0.5) is 0 Å². The number of nitrogens with one attached hydrogen (secondary N) is 1. The lowest BCUT2D eigenvalue weighted by Gasteiger charge is -2.18. The highest BCUT2D eigenvalue weighted by molar-refractivity contribution is 14.1. The summed E-state index contributed by atoms with van der Waals surface area (Å²) in [6.45, 7) is 5.92. The number of hydrazine groups is 1. The predicted octanol–water partition coefficient (Wildman–Crippen LogP) is 3.52. The molecule has 0 aliphatic carbocycles. The van der Waals surface area contributed by atoms with Crippen molar-refractivity contribution < 1.29 is 0 Å². The zero-order chi connectivity index (χ0) is 11.4. The molecule has 0 spiro atoms. The van der Waals surface area contributed by atoms with E-state index in [1.807, 2.05) is 13.0 Å². The van der Waals surface area contributed by atoms with Crippen LogP contribution in [0.15, 0.2) is 34.8 Å². The maximum absolute atomic E-state index is 5.56. The highest BCUT2D eigenvalue weighted by Crippen LogP contribution is 2.27. The van der Waals surface area contributed by atoms with E-state index in [9.17, 15) is 0 Å². The monoisotopic (exact) mass is 380 g/mol. The van der Waals surface area contributed by atoms with E-state index in [2.05, 4.69) is 62.7 Å². The smallest absolute Gasteiger partial charge is 0.0507 e. The second-order valence-electron chi connectivity index (χ2n) is 3.55. The lowest BCUT2D eigenvalue weighted by Crippen LogP contribution is -2.28. The van der Waals surface area contributed by atoms with Gasteiger partial charge in [-0.05, 0) is 59.7 Å². The van der Waals surface area contributed by atoms with Crippen LogP contribution in [0, 0.1) is 3.57 Å². The number of hydrogen-bond donors (Lipinski definition) is 2. The second kappa shape index (κ2) is 5.98. The Kier molecular flexibility index (Phi) is 5.25. The highest BCUT2D eigenvalue weighted by Gasteiger charge is 2.13. The van der Waals surface area contributed by atoms with Gasteiger partial charge in [-0.25, -0.2) is 0 Å². The summed E-state index contributed by atoms with van der Waals surface area (Å²) >= 11 is 5.78. The van der Waals surface area contributed by atoms with Crippen LogP contribution in [-0.2, 0) is 0 Å². The first-order valence-electron chi connectivity index (χ1n) is 4.60. The normalized spacial score (nSPS) is 12.5. The minimum Gasteiger partial charge on any atom is -0.271 e. The largest absolute Gasteiger partial charge is 0.271 e. The third-order valence-electron chi connectivity index (χ3n) is 2.09. The summed E-state index contributed by atoms with van der Waals surface area (Å²) in [5.74, 6) is 5.56. The van der Waals surface area contributed by atoms with Gasteiger partial charge in [-0.1, -0.05) is 21.5 Å². The molecule has 2 nitrogen and oxygen atoms in total. The van der Waals surface area contributed by atoms with E-state index in [0.29, 0.717) is 0 Å². The quantitative estimate of drug-likeness (QED) is 0.363. The molecule has 0 fully saturated rings. The van der Waals surface area contributed by atoms with Gasteiger partial charge >= 0.3 is 0 Å². The Hall–Kier alpha value is 0.0900. The van der Waals surface area contributed by atoms with E-state index >= 15 is 0 Å². The standard InChI is InChI=1S/C11H14BrIN2/c1-7(2)5-11(15-14)9-6-8(12)3-4-10(9)13/h3-4,6,11,15H,1,5,14H2,2H3. The molecule has 0 heterocycles. The Balaban J connectivity index is 3.00. The Labute approximate surface area is 113 Å². The molecule has 0 saturated carbocycles. The fraction of sp³-hybridized carbons (Fsp3) is 0.273.